The Hall–Kier alpha value is -1.95. The van der Waals surface area contributed by atoms with Crippen molar-refractivity contribution >= 4 is 11.6 Å². The lowest BCUT2D eigenvalue weighted by Crippen LogP contribution is -3.12. The molecule has 2 saturated heterocycles. The normalized spacial score (nSPS) is 24.6. The highest BCUT2D eigenvalue weighted by atomic mass is 16.6. The number of carbonyl (C=O) groups is 1. The van der Waals surface area contributed by atoms with E-state index in [1.165, 1.54) is 11.3 Å². The molecule has 0 radical (unpaired) electrons. The first kappa shape index (κ1) is 16.9. The van der Waals surface area contributed by atoms with E-state index in [1.807, 2.05) is 12.1 Å². The largest absolute Gasteiger partial charge is 0.342 e. The molecule has 2 fully saturated rings. The number of benzene rings is 1. The predicted molar refractivity (Wildman–Crippen MR) is 90.7 cm³/mol. The highest BCUT2D eigenvalue weighted by Gasteiger charge is 2.32. The van der Waals surface area contributed by atoms with Crippen molar-refractivity contribution < 1.29 is 14.6 Å². The number of hydrogen-bond acceptors (Lipinski definition) is 3. The molecule has 1 N–H and O–H groups in total. The molecule has 2 heterocycles. The van der Waals surface area contributed by atoms with Gasteiger partial charge in [0.15, 0.2) is 0 Å². The van der Waals surface area contributed by atoms with Gasteiger partial charge >= 0.3 is 0 Å². The van der Waals surface area contributed by atoms with Crippen molar-refractivity contribution in [3.63, 3.8) is 0 Å². The molecule has 2 atom stereocenters. The van der Waals surface area contributed by atoms with Crippen LogP contribution in [0.5, 0.6) is 0 Å². The van der Waals surface area contributed by atoms with E-state index in [0.29, 0.717) is 5.91 Å². The Balaban J connectivity index is 1.56. The number of nitrogens with one attached hydrogen (secondary N) is 1. The van der Waals surface area contributed by atoms with Gasteiger partial charge in [-0.15, -0.1) is 0 Å². The number of nitro benzene ring substituents is 1. The van der Waals surface area contributed by atoms with Gasteiger partial charge in [0.2, 0.25) is 5.91 Å². The first-order chi connectivity index (χ1) is 11.6. The average molecular weight is 332 g/mol. The van der Waals surface area contributed by atoms with Crippen molar-refractivity contribution in [1.82, 2.24) is 4.90 Å². The molecule has 130 valence electrons. The molecule has 0 aliphatic carbocycles. The molecule has 24 heavy (non-hydrogen) atoms. The Morgan fingerprint density at radius 2 is 1.88 bits per heavy atom. The molecule has 0 aromatic heterocycles. The van der Waals surface area contributed by atoms with Crippen LogP contribution in [-0.4, -0.2) is 41.9 Å². The number of nitrogens with zero attached hydrogens (tertiary/aromatic N) is 2. The summed E-state index contributed by atoms with van der Waals surface area (Å²) in [5.74, 6) is 0.487. The molecular weight excluding hydrogens is 306 g/mol. The van der Waals surface area contributed by atoms with Gasteiger partial charge in [0, 0.05) is 30.8 Å². The number of quaternary nitrogens is 1. The number of rotatable bonds is 4. The van der Waals surface area contributed by atoms with Crippen molar-refractivity contribution in [2.24, 2.45) is 5.92 Å². The second-order valence-electron chi connectivity index (χ2n) is 7.03. The van der Waals surface area contributed by atoms with Crippen molar-refractivity contribution in [3.8, 4) is 0 Å². The van der Waals surface area contributed by atoms with Gasteiger partial charge in [-0.25, -0.2) is 0 Å². The van der Waals surface area contributed by atoms with Gasteiger partial charge in [-0.3, -0.25) is 14.9 Å². The highest BCUT2D eigenvalue weighted by Crippen LogP contribution is 2.17. The van der Waals surface area contributed by atoms with Crippen LogP contribution in [0, 0.1) is 16.0 Å². The Kier molecular flexibility index (Phi) is 5.45. The number of non-ortho nitro benzene ring substituents is 1. The number of carbonyl (C=O) groups excluding carboxylic acids is 1. The average Bonchev–Trinajstić information content (AvgIpc) is 2.62. The molecule has 6 nitrogen and oxygen atoms in total. The standard InChI is InChI=1S/C18H25N3O3/c22-18(20-11-2-1-3-12-20)16-5-4-10-19(14-16)13-15-6-8-17(9-7-15)21(23)24/h6-9,16H,1-5,10-14H2/p+1/t16-/m0/s1. The molecule has 0 bridgehead atoms. The SMILES string of the molecule is O=C([C@H]1CCC[NH+](Cc2ccc([N+](=O)[O-])cc2)C1)N1CCCCC1. The third-order valence-electron chi connectivity index (χ3n) is 5.24. The van der Waals surface area contributed by atoms with E-state index in [-0.39, 0.29) is 16.5 Å². The van der Waals surface area contributed by atoms with Crippen LogP contribution < -0.4 is 4.90 Å². The molecule has 1 aromatic rings. The zero-order valence-corrected chi connectivity index (χ0v) is 14.1. The topological polar surface area (TPSA) is 67.9 Å². The fourth-order valence-corrected chi connectivity index (χ4v) is 3.92. The zero-order chi connectivity index (χ0) is 16.9. The summed E-state index contributed by atoms with van der Waals surface area (Å²) in [4.78, 5) is 26.5. The number of likely N-dealkylation sites (tertiary alicyclic amines) is 2. The molecule has 1 aromatic carbocycles. The van der Waals surface area contributed by atoms with E-state index in [9.17, 15) is 14.9 Å². The number of piperidine rings is 2. The van der Waals surface area contributed by atoms with E-state index < -0.39 is 0 Å². The molecule has 6 heteroatoms. The van der Waals surface area contributed by atoms with Crippen LogP contribution in [0.1, 0.15) is 37.7 Å². The van der Waals surface area contributed by atoms with Gasteiger partial charge in [-0.05, 0) is 44.2 Å². The molecule has 2 aliphatic heterocycles. The molecule has 3 rings (SSSR count). The minimum absolute atomic E-state index is 0.130. The van der Waals surface area contributed by atoms with E-state index in [4.69, 9.17) is 0 Å². The number of amides is 1. The van der Waals surface area contributed by atoms with Crippen LogP contribution in [-0.2, 0) is 11.3 Å². The second kappa shape index (κ2) is 7.75. The minimum Gasteiger partial charge on any atom is -0.342 e. The van der Waals surface area contributed by atoms with Gasteiger partial charge in [-0.1, -0.05) is 0 Å². The maximum absolute atomic E-state index is 12.7. The van der Waals surface area contributed by atoms with E-state index in [0.717, 1.165) is 64.0 Å². The van der Waals surface area contributed by atoms with Gasteiger partial charge in [0.1, 0.15) is 6.54 Å². The third kappa shape index (κ3) is 4.12. The van der Waals surface area contributed by atoms with Crippen LogP contribution in [0.3, 0.4) is 0 Å². The van der Waals surface area contributed by atoms with Crippen LogP contribution in [0.25, 0.3) is 0 Å². The first-order valence-electron chi connectivity index (χ1n) is 8.99. The number of hydrogen-bond donors (Lipinski definition) is 1. The fourth-order valence-electron chi connectivity index (χ4n) is 3.92. The van der Waals surface area contributed by atoms with Crippen molar-refractivity contribution in [2.45, 2.75) is 38.6 Å². The van der Waals surface area contributed by atoms with E-state index >= 15 is 0 Å². The van der Waals surface area contributed by atoms with Gasteiger partial charge in [0.05, 0.1) is 23.9 Å². The minimum atomic E-state index is -0.370. The van der Waals surface area contributed by atoms with Crippen LogP contribution in [0.2, 0.25) is 0 Å². The molecule has 0 saturated carbocycles. The van der Waals surface area contributed by atoms with Crippen LogP contribution >= 0.6 is 0 Å². The van der Waals surface area contributed by atoms with Crippen LogP contribution in [0.4, 0.5) is 5.69 Å². The van der Waals surface area contributed by atoms with E-state index in [1.54, 1.807) is 12.1 Å². The fraction of sp³-hybridized carbons (Fsp3) is 0.611. The lowest BCUT2D eigenvalue weighted by molar-refractivity contribution is -0.921. The summed E-state index contributed by atoms with van der Waals surface area (Å²) >= 11 is 0. The Bertz CT molecular complexity index is 582. The summed E-state index contributed by atoms with van der Waals surface area (Å²) in [7, 11) is 0. The summed E-state index contributed by atoms with van der Waals surface area (Å²) in [6.07, 6.45) is 5.59. The molecule has 1 unspecified atom stereocenters. The summed E-state index contributed by atoms with van der Waals surface area (Å²) in [6, 6.07) is 6.80. The van der Waals surface area contributed by atoms with Gasteiger partial charge in [-0.2, -0.15) is 0 Å². The highest BCUT2D eigenvalue weighted by molar-refractivity contribution is 5.79. The monoisotopic (exact) mass is 332 g/mol. The summed E-state index contributed by atoms with van der Waals surface area (Å²) < 4.78 is 0. The van der Waals surface area contributed by atoms with E-state index in [2.05, 4.69) is 4.90 Å². The number of nitro groups is 1. The first-order valence-corrected chi connectivity index (χ1v) is 8.99. The quantitative estimate of drug-likeness (QED) is 0.669. The van der Waals surface area contributed by atoms with Crippen LogP contribution in [0.15, 0.2) is 24.3 Å². The maximum atomic E-state index is 12.7. The van der Waals surface area contributed by atoms with Gasteiger partial charge in [0.25, 0.3) is 5.69 Å². The lowest BCUT2D eigenvalue weighted by atomic mass is 9.95. The van der Waals surface area contributed by atoms with Gasteiger partial charge < -0.3 is 9.80 Å². The summed E-state index contributed by atoms with van der Waals surface area (Å²) in [5.41, 5.74) is 1.23. The summed E-state index contributed by atoms with van der Waals surface area (Å²) in [6.45, 7) is 4.63. The molecule has 2 aliphatic rings. The Labute approximate surface area is 142 Å². The van der Waals surface area contributed by atoms with Crippen molar-refractivity contribution in [1.29, 1.82) is 0 Å². The van der Waals surface area contributed by atoms with Crippen molar-refractivity contribution in [3.05, 3.63) is 39.9 Å². The molecular formula is C18H26N3O3+. The molecule has 1 amide bonds. The Morgan fingerprint density at radius 1 is 1.17 bits per heavy atom. The second-order valence-corrected chi connectivity index (χ2v) is 7.03. The zero-order valence-electron chi connectivity index (χ0n) is 14.1. The predicted octanol–water partition coefficient (Wildman–Crippen LogP) is 1.40. The molecule has 0 spiro atoms. The van der Waals surface area contributed by atoms with Crippen molar-refractivity contribution in [2.75, 3.05) is 26.2 Å². The smallest absolute Gasteiger partial charge is 0.269 e. The Morgan fingerprint density at radius 3 is 2.54 bits per heavy atom. The summed E-state index contributed by atoms with van der Waals surface area (Å²) in [5, 5.41) is 10.7. The maximum Gasteiger partial charge on any atom is 0.269 e. The third-order valence-corrected chi connectivity index (χ3v) is 5.24. The lowest BCUT2D eigenvalue weighted by Gasteiger charge is -2.34.